The van der Waals surface area contributed by atoms with Gasteiger partial charge >= 0.3 is 0 Å². The Balaban J connectivity index is 2.25. The van der Waals surface area contributed by atoms with Crippen molar-refractivity contribution < 1.29 is 29.6 Å². The average molecular weight is 370 g/mol. The number of carbonyl (C=O) groups is 2. The number of benzene rings is 2. The van der Waals surface area contributed by atoms with Crippen molar-refractivity contribution >= 4 is 11.6 Å². The Morgan fingerprint density at radius 3 is 2.22 bits per heavy atom. The van der Waals surface area contributed by atoms with Crippen LogP contribution in [-0.4, -0.2) is 40.1 Å². The zero-order valence-corrected chi connectivity index (χ0v) is 15.7. The smallest absolute Gasteiger partial charge is 0.201 e. The lowest BCUT2D eigenvalue weighted by atomic mass is 9.80. The van der Waals surface area contributed by atoms with E-state index in [2.05, 4.69) is 0 Å². The monoisotopic (exact) mass is 370 g/mol. The first kappa shape index (κ1) is 18.9. The van der Waals surface area contributed by atoms with Crippen LogP contribution in [0.15, 0.2) is 18.2 Å². The molecule has 1 aliphatic carbocycles. The van der Waals surface area contributed by atoms with E-state index in [1.165, 1.54) is 25.3 Å². The highest BCUT2D eigenvalue weighted by atomic mass is 16.5. The molecule has 0 bridgehead atoms. The Morgan fingerprint density at radius 2 is 1.63 bits per heavy atom. The van der Waals surface area contributed by atoms with Crippen LogP contribution in [-0.2, 0) is 6.42 Å². The zero-order valence-electron chi connectivity index (χ0n) is 15.7. The van der Waals surface area contributed by atoms with Crippen molar-refractivity contribution in [1.29, 1.82) is 0 Å². The molecule has 0 fully saturated rings. The van der Waals surface area contributed by atoms with Crippen molar-refractivity contribution in [2.75, 3.05) is 7.11 Å². The predicted molar refractivity (Wildman–Crippen MR) is 98.9 cm³/mol. The largest absolute Gasteiger partial charge is 0.507 e. The molecule has 0 saturated heterocycles. The number of ether oxygens (including phenoxy) is 1. The van der Waals surface area contributed by atoms with Crippen LogP contribution in [0.4, 0.5) is 0 Å². The van der Waals surface area contributed by atoms with Gasteiger partial charge in [-0.2, -0.15) is 0 Å². The fraction of sp³-hybridized carbons (Fsp3) is 0.333. The number of hydrogen-bond acceptors (Lipinski definition) is 6. The topological polar surface area (TPSA) is 104 Å². The fourth-order valence-corrected chi connectivity index (χ4v) is 3.37. The molecule has 27 heavy (non-hydrogen) atoms. The van der Waals surface area contributed by atoms with Crippen molar-refractivity contribution in [2.45, 2.75) is 33.3 Å². The van der Waals surface area contributed by atoms with Gasteiger partial charge in [0.2, 0.25) is 5.78 Å². The summed E-state index contributed by atoms with van der Waals surface area (Å²) in [6.07, 6.45) is -0.700. The van der Waals surface area contributed by atoms with Crippen LogP contribution < -0.4 is 4.74 Å². The summed E-state index contributed by atoms with van der Waals surface area (Å²) in [6, 6.07) is 4.36. The van der Waals surface area contributed by atoms with Crippen molar-refractivity contribution in [1.82, 2.24) is 0 Å². The maximum absolute atomic E-state index is 13.0. The molecule has 2 aromatic carbocycles. The Labute approximate surface area is 157 Å². The molecule has 1 aliphatic rings. The van der Waals surface area contributed by atoms with E-state index in [9.17, 15) is 24.9 Å². The molecular weight excluding hydrogens is 348 g/mol. The second-order valence-corrected chi connectivity index (χ2v) is 7.21. The highest BCUT2D eigenvalue weighted by Crippen LogP contribution is 2.42. The second-order valence-electron chi connectivity index (χ2n) is 7.21. The van der Waals surface area contributed by atoms with Gasteiger partial charge in [0.25, 0.3) is 0 Å². The molecule has 6 nitrogen and oxygen atoms in total. The molecule has 0 aromatic heterocycles. The van der Waals surface area contributed by atoms with Gasteiger partial charge in [0.15, 0.2) is 5.78 Å². The summed E-state index contributed by atoms with van der Waals surface area (Å²) in [6.45, 7) is 5.37. The van der Waals surface area contributed by atoms with Crippen molar-refractivity contribution in [3.8, 4) is 17.2 Å². The Hall–Kier alpha value is -2.86. The van der Waals surface area contributed by atoms with E-state index in [1.807, 2.05) is 13.8 Å². The molecule has 0 amide bonds. The van der Waals surface area contributed by atoms with Crippen LogP contribution in [0.2, 0.25) is 0 Å². The summed E-state index contributed by atoms with van der Waals surface area (Å²) in [5.74, 6) is -1.63. The van der Waals surface area contributed by atoms with E-state index in [0.717, 1.165) is 0 Å². The van der Waals surface area contributed by atoms with Crippen LogP contribution in [0.5, 0.6) is 17.2 Å². The molecule has 0 radical (unpaired) electrons. The Kier molecular flexibility index (Phi) is 4.70. The minimum absolute atomic E-state index is 0.0228. The molecular formula is C21H22O6. The fourth-order valence-electron chi connectivity index (χ4n) is 3.37. The normalized spacial score (nSPS) is 14.1. The first-order valence-electron chi connectivity index (χ1n) is 8.71. The molecule has 0 spiro atoms. The lowest BCUT2D eigenvalue weighted by molar-refractivity contribution is 0.0972. The van der Waals surface area contributed by atoms with Crippen LogP contribution >= 0.6 is 0 Å². The first-order chi connectivity index (χ1) is 12.7. The Morgan fingerprint density at radius 1 is 1.00 bits per heavy atom. The molecule has 1 atom stereocenters. The molecule has 142 valence electrons. The molecule has 3 rings (SSSR count). The van der Waals surface area contributed by atoms with E-state index in [1.54, 1.807) is 6.92 Å². The minimum atomic E-state index is -0.763. The van der Waals surface area contributed by atoms with Gasteiger partial charge in [-0.25, -0.2) is 0 Å². The van der Waals surface area contributed by atoms with Gasteiger partial charge in [0.1, 0.15) is 17.2 Å². The number of rotatable bonds is 4. The lowest BCUT2D eigenvalue weighted by Crippen LogP contribution is -2.23. The van der Waals surface area contributed by atoms with E-state index in [4.69, 9.17) is 4.74 Å². The molecule has 0 unspecified atom stereocenters. The summed E-state index contributed by atoms with van der Waals surface area (Å²) in [5.41, 5.74) is 0.737. The van der Waals surface area contributed by atoms with E-state index < -0.39 is 23.4 Å². The van der Waals surface area contributed by atoms with Crippen molar-refractivity contribution in [2.24, 2.45) is 5.92 Å². The number of methoxy groups -OCH3 is 1. The number of aliphatic hydroxyl groups excluding tert-OH is 1. The van der Waals surface area contributed by atoms with Gasteiger partial charge in [-0.05, 0) is 36.6 Å². The van der Waals surface area contributed by atoms with Crippen LogP contribution in [0, 0.1) is 12.8 Å². The number of aromatic hydroxyl groups is 2. The van der Waals surface area contributed by atoms with E-state index >= 15 is 0 Å². The third kappa shape index (κ3) is 2.96. The molecule has 0 heterocycles. The average Bonchev–Trinajstić information content (AvgIpc) is 2.60. The summed E-state index contributed by atoms with van der Waals surface area (Å²) >= 11 is 0. The highest BCUT2D eigenvalue weighted by molar-refractivity contribution is 6.30. The number of carbonyl (C=O) groups excluding carboxylic acids is 2. The molecule has 6 heteroatoms. The van der Waals surface area contributed by atoms with Crippen molar-refractivity contribution in [3.05, 3.63) is 51.6 Å². The number of phenolic OH excluding ortho intramolecular Hbond substituents is 2. The van der Waals surface area contributed by atoms with Crippen LogP contribution in [0.3, 0.4) is 0 Å². The number of aliphatic hydroxyl groups is 1. The number of phenols is 2. The standard InChI is InChI=1S/C21H22O6/c1-9(2)14(22)7-11-16(27-4)8-13-18(20(11)25)21(26)17-12(19(13)24)5-10(3)6-15(17)23/h5-6,8-9,14,22-23,25H,7H2,1-4H3/t14-/m0/s1. The number of aryl methyl sites for hydroxylation is 1. The van der Waals surface area contributed by atoms with E-state index in [-0.39, 0.29) is 51.7 Å². The van der Waals surface area contributed by atoms with Gasteiger partial charge in [-0.15, -0.1) is 0 Å². The zero-order chi connectivity index (χ0) is 20.0. The molecule has 2 aromatic rings. The molecule has 3 N–H and O–H groups in total. The van der Waals surface area contributed by atoms with Crippen molar-refractivity contribution in [3.63, 3.8) is 0 Å². The van der Waals surface area contributed by atoms with Gasteiger partial charge in [0, 0.05) is 23.1 Å². The predicted octanol–water partition coefficient (Wildman–Crippen LogP) is 2.75. The molecule has 0 saturated carbocycles. The summed E-state index contributed by atoms with van der Waals surface area (Å²) in [5, 5.41) is 31.2. The van der Waals surface area contributed by atoms with Crippen LogP contribution in [0.25, 0.3) is 0 Å². The number of ketones is 2. The maximum atomic E-state index is 13.0. The maximum Gasteiger partial charge on any atom is 0.201 e. The SMILES string of the molecule is COc1cc2c(c(O)c1C[C@H](O)C(C)C)C(=O)c1c(O)cc(C)cc1C2=O. The van der Waals surface area contributed by atoms with E-state index in [0.29, 0.717) is 5.56 Å². The van der Waals surface area contributed by atoms with Crippen LogP contribution in [0.1, 0.15) is 56.8 Å². The minimum Gasteiger partial charge on any atom is -0.507 e. The summed E-state index contributed by atoms with van der Waals surface area (Å²) in [4.78, 5) is 25.9. The highest BCUT2D eigenvalue weighted by Gasteiger charge is 2.37. The number of fused-ring (bicyclic) bond motifs is 2. The lowest BCUT2D eigenvalue weighted by Gasteiger charge is -2.24. The van der Waals surface area contributed by atoms with Gasteiger partial charge in [-0.3, -0.25) is 9.59 Å². The van der Waals surface area contributed by atoms with Gasteiger partial charge in [0.05, 0.1) is 24.3 Å². The molecule has 0 aliphatic heterocycles. The number of hydrogen-bond donors (Lipinski definition) is 3. The summed E-state index contributed by atoms with van der Waals surface area (Å²) in [7, 11) is 1.39. The first-order valence-corrected chi connectivity index (χ1v) is 8.71. The third-order valence-corrected chi connectivity index (χ3v) is 4.97. The third-order valence-electron chi connectivity index (χ3n) is 4.97. The second kappa shape index (κ2) is 6.70. The quantitative estimate of drug-likeness (QED) is 0.652. The Bertz CT molecular complexity index is 958. The summed E-state index contributed by atoms with van der Waals surface area (Å²) < 4.78 is 5.31. The van der Waals surface area contributed by atoms with Gasteiger partial charge in [-0.1, -0.05) is 13.8 Å². The van der Waals surface area contributed by atoms with Gasteiger partial charge < -0.3 is 20.1 Å².